The van der Waals surface area contributed by atoms with Crippen LogP contribution in [0.15, 0.2) is 32.4 Å². The van der Waals surface area contributed by atoms with Crippen LogP contribution >= 0.6 is 23.5 Å². The summed E-state index contributed by atoms with van der Waals surface area (Å²) in [6, 6.07) is 0. The zero-order chi connectivity index (χ0) is 25.0. The molecule has 0 saturated heterocycles. The molecule has 1 aromatic rings. The molecule has 1 aromatic heterocycles. The summed E-state index contributed by atoms with van der Waals surface area (Å²) in [6.07, 6.45) is 0.884. The molecular weight excluding hydrogens is 531 g/mol. The summed E-state index contributed by atoms with van der Waals surface area (Å²) in [7, 11) is -3.96. The van der Waals surface area contributed by atoms with E-state index in [1.54, 1.807) is 27.7 Å². The number of allylic oxidation sites excluding steroid dienone is 2. The third kappa shape index (κ3) is 11.9. The molecule has 0 radical (unpaired) electrons. The molecule has 15 heteroatoms. The Balaban J connectivity index is 2.74. The summed E-state index contributed by atoms with van der Waals surface area (Å²) in [5.74, 6) is 0. The molecular formula is C18H26BrN2O11P. The van der Waals surface area contributed by atoms with Crippen molar-refractivity contribution in [3.8, 4) is 0 Å². The van der Waals surface area contributed by atoms with Crippen LogP contribution in [-0.2, 0) is 39.1 Å². The minimum atomic E-state index is -3.96. The average Bonchev–Trinajstić information content (AvgIpc) is 2.67. The lowest BCUT2D eigenvalue weighted by atomic mass is 10.5. The van der Waals surface area contributed by atoms with E-state index in [1.165, 1.54) is 22.9 Å². The number of aromatic amines is 1. The molecule has 0 atom stereocenters. The molecule has 0 aliphatic heterocycles. The van der Waals surface area contributed by atoms with Gasteiger partial charge >= 0.3 is 25.6 Å². The molecule has 0 unspecified atom stereocenters. The lowest BCUT2D eigenvalue weighted by molar-refractivity contribution is -0.0298. The number of halogens is 1. The highest BCUT2D eigenvalue weighted by Crippen LogP contribution is 2.48. The van der Waals surface area contributed by atoms with Crippen LogP contribution in [0.4, 0.5) is 9.59 Å². The summed E-state index contributed by atoms with van der Waals surface area (Å²) >= 11 is 3.02. The van der Waals surface area contributed by atoms with E-state index in [9.17, 15) is 23.7 Å². The molecule has 0 aliphatic carbocycles. The maximum absolute atomic E-state index is 12.9. The largest absolute Gasteiger partial charge is 0.510 e. The van der Waals surface area contributed by atoms with Gasteiger partial charge in [-0.1, -0.05) is 12.2 Å². The number of ether oxygens (including phenoxy) is 4. The quantitative estimate of drug-likeness (QED) is 0.174. The third-order valence-corrected chi connectivity index (χ3v) is 5.50. The van der Waals surface area contributed by atoms with E-state index in [1.807, 2.05) is 0 Å². The Morgan fingerprint density at radius 1 is 1.03 bits per heavy atom. The SMILES string of the molecule is CC(C)OC(=O)OCOP(=O)(C/C=C\Cn1cc(Br)c(=O)[nH]c1=O)OCOC(=O)OC(C)C. The standard InChI is InChI=1S/C18H26BrN2O11P/c1-12(2)31-17(24)27-10-29-33(26,30-11-28-18(25)32-13(3)4)8-6-5-7-21-9-14(19)15(22)20-16(21)23/h5-6,9,12-13H,7-8,10-11H2,1-4H3,(H,20,22,23)/b6-5-. The molecule has 1 N–H and O–H groups in total. The lowest BCUT2D eigenvalue weighted by Gasteiger charge is -2.17. The second kappa shape index (κ2) is 14.0. The Kier molecular flexibility index (Phi) is 12.1. The Morgan fingerprint density at radius 2 is 1.55 bits per heavy atom. The van der Waals surface area contributed by atoms with Crippen LogP contribution in [0, 0.1) is 0 Å². The minimum Gasteiger partial charge on any atom is -0.432 e. The summed E-state index contributed by atoms with van der Waals surface area (Å²) < 4.78 is 43.2. The number of aromatic nitrogens is 2. The van der Waals surface area contributed by atoms with E-state index in [0.717, 1.165) is 0 Å². The van der Waals surface area contributed by atoms with Crippen LogP contribution in [0.25, 0.3) is 0 Å². The Hall–Kier alpha value is -2.41. The van der Waals surface area contributed by atoms with E-state index in [4.69, 9.17) is 18.5 Å². The minimum absolute atomic E-state index is 0.0304. The van der Waals surface area contributed by atoms with Crippen molar-refractivity contribution in [1.29, 1.82) is 0 Å². The fourth-order valence-corrected chi connectivity index (χ4v) is 3.38. The van der Waals surface area contributed by atoms with Gasteiger partial charge in [-0.05, 0) is 43.6 Å². The van der Waals surface area contributed by atoms with Gasteiger partial charge in [0.15, 0.2) is 0 Å². The van der Waals surface area contributed by atoms with Crippen LogP contribution in [0.3, 0.4) is 0 Å². The molecule has 1 rings (SSSR count). The topological polar surface area (TPSA) is 161 Å². The molecule has 186 valence electrons. The predicted molar refractivity (Wildman–Crippen MR) is 118 cm³/mol. The molecule has 33 heavy (non-hydrogen) atoms. The number of H-pyrrole nitrogens is 1. The van der Waals surface area contributed by atoms with Crippen molar-refractivity contribution in [2.45, 2.75) is 46.4 Å². The van der Waals surface area contributed by atoms with E-state index >= 15 is 0 Å². The van der Waals surface area contributed by atoms with Gasteiger partial charge in [0.25, 0.3) is 5.56 Å². The van der Waals surface area contributed by atoms with Crippen molar-refractivity contribution in [1.82, 2.24) is 9.55 Å². The molecule has 13 nitrogen and oxygen atoms in total. The molecule has 1 heterocycles. The van der Waals surface area contributed by atoms with Crippen LogP contribution in [0.1, 0.15) is 27.7 Å². The molecule has 0 saturated carbocycles. The van der Waals surface area contributed by atoms with Gasteiger partial charge in [0, 0.05) is 12.7 Å². The zero-order valence-electron chi connectivity index (χ0n) is 18.5. The second-order valence-electron chi connectivity index (χ2n) is 6.77. The Labute approximate surface area is 197 Å². The number of hydrogen-bond donors (Lipinski definition) is 1. The summed E-state index contributed by atoms with van der Waals surface area (Å²) in [5.41, 5.74) is -1.21. The van der Waals surface area contributed by atoms with E-state index in [2.05, 4.69) is 30.4 Å². The Morgan fingerprint density at radius 3 is 2.03 bits per heavy atom. The number of hydrogen-bond acceptors (Lipinski definition) is 11. The maximum Gasteiger partial charge on any atom is 0.510 e. The van der Waals surface area contributed by atoms with Crippen LogP contribution in [0.2, 0.25) is 0 Å². The van der Waals surface area contributed by atoms with Crippen molar-refractivity contribution >= 4 is 35.8 Å². The fourth-order valence-electron chi connectivity index (χ4n) is 1.92. The molecule has 0 bridgehead atoms. The van der Waals surface area contributed by atoms with Gasteiger partial charge in [0.2, 0.25) is 13.6 Å². The third-order valence-electron chi connectivity index (χ3n) is 3.28. The summed E-state index contributed by atoms with van der Waals surface area (Å²) in [6.45, 7) is 4.98. The highest BCUT2D eigenvalue weighted by molar-refractivity contribution is 9.10. The first-order valence-electron chi connectivity index (χ1n) is 9.61. The number of nitrogens with zero attached hydrogens (tertiary/aromatic N) is 1. The number of carbonyl (C=O) groups excluding carboxylic acids is 2. The van der Waals surface area contributed by atoms with Gasteiger partial charge in [-0.3, -0.25) is 28.0 Å². The van der Waals surface area contributed by atoms with Gasteiger partial charge in [-0.15, -0.1) is 0 Å². The molecule has 0 spiro atoms. The summed E-state index contributed by atoms with van der Waals surface area (Å²) in [5, 5.41) is 0. The van der Waals surface area contributed by atoms with Crippen molar-refractivity contribution in [2.75, 3.05) is 19.7 Å². The second-order valence-corrected chi connectivity index (χ2v) is 9.73. The lowest BCUT2D eigenvalue weighted by Crippen LogP contribution is -2.29. The normalized spacial score (nSPS) is 11.7. The first kappa shape index (κ1) is 28.6. The number of rotatable bonds is 12. The molecule has 0 aromatic carbocycles. The monoisotopic (exact) mass is 556 g/mol. The average molecular weight is 557 g/mol. The van der Waals surface area contributed by atoms with Gasteiger partial charge < -0.3 is 18.9 Å². The number of carbonyl (C=O) groups is 2. The van der Waals surface area contributed by atoms with Crippen molar-refractivity contribution in [2.24, 2.45) is 0 Å². The van der Waals surface area contributed by atoms with Crippen LogP contribution in [-0.4, -0.2) is 53.8 Å². The van der Waals surface area contributed by atoms with E-state index in [0.29, 0.717) is 0 Å². The van der Waals surface area contributed by atoms with Gasteiger partial charge in [-0.25, -0.2) is 14.4 Å². The predicted octanol–water partition coefficient (Wildman–Crippen LogP) is 3.12. The van der Waals surface area contributed by atoms with Gasteiger partial charge in [-0.2, -0.15) is 0 Å². The van der Waals surface area contributed by atoms with Crippen molar-refractivity contribution < 1.29 is 42.1 Å². The zero-order valence-corrected chi connectivity index (χ0v) is 21.0. The van der Waals surface area contributed by atoms with Gasteiger partial charge in [0.1, 0.15) is 0 Å². The fraction of sp³-hybridized carbons (Fsp3) is 0.556. The highest BCUT2D eigenvalue weighted by Gasteiger charge is 2.25. The number of nitrogens with one attached hydrogen (secondary N) is 1. The highest BCUT2D eigenvalue weighted by atomic mass is 79.9. The van der Waals surface area contributed by atoms with Crippen LogP contribution in [0.5, 0.6) is 0 Å². The Bertz CT molecular complexity index is 954. The smallest absolute Gasteiger partial charge is 0.432 e. The van der Waals surface area contributed by atoms with Crippen molar-refractivity contribution in [3.05, 3.63) is 43.7 Å². The summed E-state index contributed by atoms with van der Waals surface area (Å²) in [4.78, 5) is 48.1. The van der Waals surface area contributed by atoms with Crippen LogP contribution < -0.4 is 11.2 Å². The first-order valence-corrected chi connectivity index (χ1v) is 12.1. The van der Waals surface area contributed by atoms with Gasteiger partial charge in [0.05, 0.1) is 22.8 Å². The van der Waals surface area contributed by atoms with E-state index < -0.39 is 56.9 Å². The maximum atomic E-state index is 12.9. The molecule has 0 fully saturated rings. The molecule has 0 amide bonds. The van der Waals surface area contributed by atoms with Crippen molar-refractivity contribution in [3.63, 3.8) is 0 Å². The molecule has 0 aliphatic rings. The van der Waals surface area contributed by atoms with E-state index in [-0.39, 0.29) is 17.2 Å². The first-order chi connectivity index (χ1) is 15.4.